The van der Waals surface area contributed by atoms with Crippen LogP contribution >= 0.6 is 15.9 Å². The molecule has 0 spiro atoms. The Kier molecular flexibility index (Phi) is 5.20. The Labute approximate surface area is 126 Å². The summed E-state index contributed by atoms with van der Waals surface area (Å²) >= 11 is 3.43. The van der Waals surface area contributed by atoms with E-state index in [1.165, 1.54) is 13.2 Å². The summed E-state index contributed by atoms with van der Waals surface area (Å²) in [6.07, 6.45) is 2.54. The van der Waals surface area contributed by atoms with Gasteiger partial charge in [-0.1, -0.05) is 13.0 Å². The number of methoxy groups -OCH3 is 1. The van der Waals surface area contributed by atoms with Gasteiger partial charge in [0.2, 0.25) is 0 Å². The lowest BCUT2D eigenvalue weighted by Crippen LogP contribution is -2.24. The number of furan rings is 1. The van der Waals surface area contributed by atoms with E-state index in [1.807, 2.05) is 0 Å². The van der Waals surface area contributed by atoms with Crippen molar-refractivity contribution >= 4 is 15.9 Å². The third kappa shape index (κ3) is 3.22. The van der Waals surface area contributed by atoms with Crippen LogP contribution < -0.4 is 10.1 Å². The van der Waals surface area contributed by atoms with E-state index in [0.29, 0.717) is 17.1 Å². The first-order valence-corrected chi connectivity index (χ1v) is 7.26. The maximum absolute atomic E-state index is 14.3. The highest BCUT2D eigenvalue weighted by Crippen LogP contribution is 2.32. The van der Waals surface area contributed by atoms with E-state index >= 15 is 0 Å². The highest BCUT2D eigenvalue weighted by Gasteiger charge is 2.22. The van der Waals surface area contributed by atoms with Crippen molar-refractivity contribution in [3.8, 4) is 5.75 Å². The summed E-state index contributed by atoms with van der Waals surface area (Å²) in [5, 5.41) is 3.30. The molecule has 1 atom stereocenters. The molecule has 1 aromatic carbocycles. The molecule has 0 fully saturated rings. The molecule has 108 valence electrons. The minimum Gasteiger partial charge on any atom is -0.497 e. The lowest BCUT2D eigenvalue weighted by atomic mass is 10.0. The predicted octanol–water partition coefficient (Wildman–Crippen LogP) is 4.28. The normalized spacial score (nSPS) is 12.4. The van der Waals surface area contributed by atoms with Crippen LogP contribution in [-0.4, -0.2) is 13.7 Å². The zero-order chi connectivity index (χ0) is 14.5. The van der Waals surface area contributed by atoms with Gasteiger partial charge < -0.3 is 14.5 Å². The van der Waals surface area contributed by atoms with E-state index < -0.39 is 0 Å². The van der Waals surface area contributed by atoms with Crippen LogP contribution in [0.5, 0.6) is 5.75 Å². The quantitative estimate of drug-likeness (QED) is 0.851. The van der Waals surface area contributed by atoms with Gasteiger partial charge >= 0.3 is 0 Å². The van der Waals surface area contributed by atoms with Crippen molar-refractivity contribution in [2.75, 3.05) is 13.7 Å². The molecular formula is C15H17BrFNO2. The average molecular weight is 342 g/mol. The molecule has 5 heteroatoms. The van der Waals surface area contributed by atoms with Crippen molar-refractivity contribution in [1.29, 1.82) is 0 Å². The molecule has 2 rings (SSSR count). The van der Waals surface area contributed by atoms with Crippen molar-refractivity contribution < 1.29 is 13.5 Å². The van der Waals surface area contributed by atoms with Gasteiger partial charge in [-0.15, -0.1) is 0 Å². The Hall–Kier alpha value is -1.33. The number of ether oxygens (including phenoxy) is 1. The van der Waals surface area contributed by atoms with Crippen molar-refractivity contribution in [2.45, 2.75) is 19.4 Å². The molecule has 0 saturated heterocycles. The first-order chi connectivity index (χ1) is 9.67. The zero-order valence-electron chi connectivity index (χ0n) is 11.5. The number of rotatable bonds is 6. The van der Waals surface area contributed by atoms with Crippen molar-refractivity contribution in [2.24, 2.45) is 0 Å². The Bertz CT molecular complexity index is 571. The maximum Gasteiger partial charge on any atom is 0.139 e. The lowest BCUT2D eigenvalue weighted by molar-refractivity contribution is 0.406. The van der Waals surface area contributed by atoms with E-state index in [4.69, 9.17) is 9.15 Å². The fourth-order valence-corrected chi connectivity index (χ4v) is 2.44. The standard InChI is InChI=1S/C15H17BrFNO2/c1-3-7-18-14(15-12(16)6-8-20-15)11-5-4-10(19-2)9-13(11)17/h4-6,8-9,14,18H,3,7H2,1-2H3. The molecule has 1 heterocycles. The van der Waals surface area contributed by atoms with Crippen molar-refractivity contribution in [1.82, 2.24) is 5.32 Å². The number of hydrogen-bond acceptors (Lipinski definition) is 3. The summed E-state index contributed by atoms with van der Waals surface area (Å²) in [5.41, 5.74) is 0.537. The van der Waals surface area contributed by atoms with Crippen LogP contribution in [0, 0.1) is 5.82 Å². The van der Waals surface area contributed by atoms with Crippen LogP contribution in [0.1, 0.15) is 30.7 Å². The monoisotopic (exact) mass is 341 g/mol. The summed E-state index contributed by atoms with van der Waals surface area (Å²) in [6.45, 7) is 2.83. The molecule has 1 aromatic heterocycles. The predicted molar refractivity (Wildman–Crippen MR) is 79.5 cm³/mol. The molecule has 0 bridgehead atoms. The topological polar surface area (TPSA) is 34.4 Å². The first kappa shape index (κ1) is 15.1. The van der Waals surface area contributed by atoms with Crippen LogP contribution in [0.2, 0.25) is 0 Å². The van der Waals surface area contributed by atoms with E-state index in [-0.39, 0.29) is 11.9 Å². The SMILES string of the molecule is CCCNC(c1ccc(OC)cc1F)c1occc1Br. The number of halogens is 2. The molecular weight excluding hydrogens is 325 g/mol. The van der Waals surface area contributed by atoms with E-state index in [9.17, 15) is 4.39 Å². The van der Waals surface area contributed by atoms with E-state index in [0.717, 1.165) is 17.4 Å². The van der Waals surface area contributed by atoms with Crippen LogP contribution in [0.15, 0.2) is 39.4 Å². The summed E-state index contributed by atoms with van der Waals surface area (Å²) in [7, 11) is 1.52. The smallest absolute Gasteiger partial charge is 0.139 e. The minimum atomic E-state index is -0.328. The maximum atomic E-state index is 14.3. The third-order valence-corrected chi connectivity index (χ3v) is 3.68. The number of nitrogens with one attached hydrogen (secondary N) is 1. The highest BCUT2D eigenvalue weighted by molar-refractivity contribution is 9.10. The molecule has 0 saturated carbocycles. The number of hydrogen-bond donors (Lipinski definition) is 1. The Morgan fingerprint density at radius 1 is 1.40 bits per heavy atom. The fraction of sp³-hybridized carbons (Fsp3) is 0.333. The minimum absolute atomic E-state index is 0.318. The molecule has 0 amide bonds. The molecule has 0 aliphatic rings. The average Bonchev–Trinajstić information content (AvgIpc) is 2.87. The van der Waals surface area contributed by atoms with Gasteiger partial charge in [-0.25, -0.2) is 4.39 Å². The van der Waals surface area contributed by atoms with Gasteiger partial charge in [-0.2, -0.15) is 0 Å². The molecule has 3 nitrogen and oxygen atoms in total. The van der Waals surface area contributed by atoms with Gasteiger partial charge in [0.25, 0.3) is 0 Å². The third-order valence-electron chi connectivity index (χ3n) is 3.02. The second-order valence-electron chi connectivity index (χ2n) is 4.41. The van der Waals surface area contributed by atoms with E-state index in [1.54, 1.807) is 24.5 Å². The van der Waals surface area contributed by atoms with Crippen LogP contribution in [-0.2, 0) is 0 Å². The number of benzene rings is 1. The van der Waals surface area contributed by atoms with Gasteiger partial charge in [-0.3, -0.25) is 0 Å². The summed E-state index contributed by atoms with van der Waals surface area (Å²) in [4.78, 5) is 0. The summed E-state index contributed by atoms with van der Waals surface area (Å²) in [6, 6.07) is 6.32. The molecule has 1 unspecified atom stereocenters. The van der Waals surface area contributed by atoms with Crippen molar-refractivity contribution in [3.05, 3.63) is 52.1 Å². The molecule has 20 heavy (non-hydrogen) atoms. The Morgan fingerprint density at radius 2 is 2.20 bits per heavy atom. The molecule has 0 aliphatic carbocycles. The van der Waals surface area contributed by atoms with Gasteiger partial charge in [0, 0.05) is 11.6 Å². The summed E-state index contributed by atoms with van der Waals surface area (Å²) < 4.78 is 25.6. The van der Waals surface area contributed by atoms with Crippen LogP contribution in [0.3, 0.4) is 0 Å². The van der Waals surface area contributed by atoms with Crippen LogP contribution in [0.25, 0.3) is 0 Å². The molecule has 2 aromatic rings. The zero-order valence-corrected chi connectivity index (χ0v) is 13.0. The van der Waals surface area contributed by atoms with Crippen molar-refractivity contribution in [3.63, 3.8) is 0 Å². The van der Waals surface area contributed by atoms with Crippen LogP contribution in [0.4, 0.5) is 4.39 Å². The fourth-order valence-electron chi connectivity index (χ4n) is 2.01. The second-order valence-corrected chi connectivity index (χ2v) is 5.26. The highest BCUT2D eigenvalue weighted by atomic mass is 79.9. The van der Waals surface area contributed by atoms with Gasteiger partial charge in [0.1, 0.15) is 17.3 Å². The lowest BCUT2D eigenvalue weighted by Gasteiger charge is -2.18. The van der Waals surface area contributed by atoms with Gasteiger partial charge in [0.15, 0.2) is 0 Å². The van der Waals surface area contributed by atoms with Gasteiger partial charge in [-0.05, 0) is 41.0 Å². The molecule has 0 aliphatic heterocycles. The Morgan fingerprint density at radius 3 is 2.75 bits per heavy atom. The van der Waals surface area contributed by atoms with Gasteiger partial charge in [0.05, 0.1) is 23.9 Å². The second kappa shape index (κ2) is 6.90. The summed E-state index contributed by atoms with van der Waals surface area (Å²) in [5.74, 6) is 0.850. The molecule has 1 N–H and O–H groups in total. The first-order valence-electron chi connectivity index (χ1n) is 6.47. The Balaban J connectivity index is 2.38. The van der Waals surface area contributed by atoms with E-state index in [2.05, 4.69) is 28.2 Å². The molecule has 0 radical (unpaired) electrons. The largest absolute Gasteiger partial charge is 0.497 e.